The Morgan fingerprint density at radius 2 is 2.00 bits per heavy atom. The van der Waals surface area contributed by atoms with Crippen LogP contribution in [-0.2, 0) is 22.5 Å². The van der Waals surface area contributed by atoms with Crippen molar-refractivity contribution in [1.82, 2.24) is 14.8 Å². The van der Waals surface area contributed by atoms with Crippen LogP contribution in [0.5, 0.6) is 0 Å². The summed E-state index contributed by atoms with van der Waals surface area (Å²) in [6.07, 6.45) is 6.06. The smallest absolute Gasteiger partial charge is 0.253 e. The molecular formula is C18H22N4O2. The topological polar surface area (TPSA) is 69.0 Å². The molecule has 2 aliphatic rings. The highest BCUT2D eigenvalue weighted by atomic mass is 16.5. The van der Waals surface area contributed by atoms with Crippen LogP contribution < -0.4 is 5.32 Å². The summed E-state index contributed by atoms with van der Waals surface area (Å²) in [4.78, 5) is 12.1. The average molecular weight is 326 g/mol. The molecule has 0 spiro atoms. The van der Waals surface area contributed by atoms with Crippen molar-refractivity contribution < 1.29 is 9.53 Å². The maximum absolute atomic E-state index is 12.1. The van der Waals surface area contributed by atoms with Crippen LogP contribution in [0.2, 0.25) is 0 Å². The highest BCUT2D eigenvalue weighted by Crippen LogP contribution is 2.24. The summed E-state index contributed by atoms with van der Waals surface area (Å²) in [5, 5.41) is 11.6. The number of carbonyl (C=O) groups excluding carboxylic acids is 1. The average Bonchev–Trinajstić information content (AvgIpc) is 3.22. The lowest BCUT2D eigenvalue weighted by Crippen LogP contribution is -2.26. The minimum atomic E-state index is -0.308. The molecule has 0 unspecified atom stereocenters. The van der Waals surface area contributed by atoms with Crippen molar-refractivity contribution in [2.75, 3.05) is 11.9 Å². The predicted octanol–water partition coefficient (Wildman–Crippen LogP) is 2.79. The van der Waals surface area contributed by atoms with Crippen LogP contribution >= 0.6 is 0 Å². The number of carbonyl (C=O) groups is 1. The van der Waals surface area contributed by atoms with Gasteiger partial charge in [-0.3, -0.25) is 4.79 Å². The van der Waals surface area contributed by atoms with Gasteiger partial charge >= 0.3 is 0 Å². The maximum Gasteiger partial charge on any atom is 0.253 e. The number of ether oxygens (including phenoxy) is 1. The molecule has 0 saturated carbocycles. The van der Waals surface area contributed by atoms with Crippen LogP contribution in [0, 0.1) is 0 Å². The Hall–Kier alpha value is -2.21. The van der Waals surface area contributed by atoms with E-state index in [0.717, 1.165) is 48.7 Å². The lowest BCUT2D eigenvalue weighted by atomic mass is 10.1. The molecule has 126 valence electrons. The lowest BCUT2D eigenvalue weighted by Gasteiger charge is -2.11. The van der Waals surface area contributed by atoms with E-state index in [1.54, 1.807) is 0 Å². The third kappa shape index (κ3) is 3.06. The van der Waals surface area contributed by atoms with E-state index < -0.39 is 0 Å². The van der Waals surface area contributed by atoms with Crippen LogP contribution in [0.25, 0.3) is 11.4 Å². The molecule has 4 rings (SSSR count). The molecule has 2 aliphatic heterocycles. The summed E-state index contributed by atoms with van der Waals surface area (Å²) in [6.45, 7) is 1.66. The van der Waals surface area contributed by atoms with Crippen molar-refractivity contribution >= 4 is 11.6 Å². The van der Waals surface area contributed by atoms with Gasteiger partial charge in [-0.15, -0.1) is 10.2 Å². The molecule has 1 aromatic heterocycles. The van der Waals surface area contributed by atoms with E-state index in [0.29, 0.717) is 6.61 Å². The number of hydrogen-bond donors (Lipinski definition) is 1. The zero-order chi connectivity index (χ0) is 16.4. The van der Waals surface area contributed by atoms with Gasteiger partial charge in [0.15, 0.2) is 5.82 Å². The third-order valence-corrected chi connectivity index (χ3v) is 4.74. The van der Waals surface area contributed by atoms with Gasteiger partial charge in [-0.25, -0.2) is 0 Å². The normalized spacial score (nSPS) is 20.4. The summed E-state index contributed by atoms with van der Waals surface area (Å²) in [7, 11) is 0. The zero-order valence-corrected chi connectivity index (χ0v) is 13.7. The van der Waals surface area contributed by atoms with Crippen LogP contribution in [0.15, 0.2) is 24.3 Å². The molecule has 0 bridgehead atoms. The van der Waals surface area contributed by atoms with E-state index in [1.807, 2.05) is 24.3 Å². The molecule has 1 N–H and O–H groups in total. The number of hydrogen-bond acceptors (Lipinski definition) is 4. The van der Waals surface area contributed by atoms with Gasteiger partial charge in [-0.1, -0.05) is 6.42 Å². The second-order valence-electron chi connectivity index (χ2n) is 6.47. The number of amides is 1. The Morgan fingerprint density at radius 3 is 2.79 bits per heavy atom. The molecule has 24 heavy (non-hydrogen) atoms. The van der Waals surface area contributed by atoms with Gasteiger partial charge in [0.1, 0.15) is 11.9 Å². The highest BCUT2D eigenvalue weighted by Gasteiger charge is 2.23. The monoisotopic (exact) mass is 326 g/mol. The van der Waals surface area contributed by atoms with Crippen LogP contribution in [-0.4, -0.2) is 33.4 Å². The quantitative estimate of drug-likeness (QED) is 0.941. The summed E-state index contributed by atoms with van der Waals surface area (Å²) >= 11 is 0. The Balaban J connectivity index is 1.50. The van der Waals surface area contributed by atoms with Gasteiger partial charge in [-0.05, 0) is 49.9 Å². The second kappa shape index (κ2) is 6.73. The molecule has 1 saturated heterocycles. The van der Waals surface area contributed by atoms with Crippen LogP contribution in [0.4, 0.5) is 5.69 Å². The van der Waals surface area contributed by atoms with E-state index in [2.05, 4.69) is 20.1 Å². The van der Waals surface area contributed by atoms with Gasteiger partial charge in [0.25, 0.3) is 5.91 Å². The zero-order valence-electron chi connectivity index (χ0n) is 13.7. The van der Waals surface area contributed by atoms with Crippen molar-refractivity contribution in [3.05, 3.63) is 30.1 Å². The Morgan fingerprint density at radius 1 is 1.12 bits per heavy atom. The fraction of sp³-hybridized carbons (Fsp3) is 0.500. The first-order chi connectivity index (χ1) is 11.8. The van der Waals surface area contributed by atoms with E-state index in [-0.39, 0.29) is 12.0 Å². The maximum atomic E-state index is 12.1. The summed E-state index contributed by atoms with van der Waals surface area (Å²) < 4.78 is 7.64. The van der Waals surface area contributed by atoms with Crippen molar-refractivity contribution in [3.63, 3.8) is 0 Å². The first-order valence-electron chi connectivity index (χ1n) is 8.76. The second-order valence-corrected chi connectivity index (χ2v) is 6.47. The lowest BCUT2D eigenvalue weighted by molar-refractivity contribution is -0.124. The molecule has 2 aromatic rings. The largest absolute Gasteiger partial charge is 0.368 e. The summed E-state index contributed by atoms with van der Waals surface area (Å²) in [5.41, 5.74) is 1.82. The number of benzene rings is 1. The van der Waals surface area contributed by atoms with Crippen LogP contribution in [0.1, 0.15) is 37.9 Å². The van der Waals surface area contributed by atoms with Gasteiger partial charge in [0, 0.05) is 30.8 Å². The number of nitrogens with zero attached hydrogens (tertiary/aromatic N) is 3. The molecule has 0 aliphatic carbocycles. The van der Waals surface area contributed by atoms with Crippen molar-refractivity contribution in [3.8, 4) is 11.4 Å². The highest BCUT2D eigenvalue weighted by molar-refractivity contribution is 5.94. The number of rotatable bonds is 3. The van der Waals surface area contributed by atoms with Gasteiger partial charge < -0.3 is 14.6 Å². The molecular weight excluding hydrogens is 304 g/mol. The van der Waals surface area contributed by atoms with Crippen molar-refractivity contribution in [1.29, 1.82) is 0 Å². The molecule has 6 heteroatoms. The van der Waals surface area contributed by atoms with E-state index in [1.165, 1.54) is 19.3 Å². The minimum absolute atomic E-state index is 0.0587. The standard InChI is InChI=1S/C18H22N4O2/c23-18(15-5-4-12-24-15)19-14-9-7-13(8-10-14)17-21-20-16-6-2-1-3-11-22(16)17/h7-10,15H,1-6,11-12H2,(H,19,23)/t15-/m0/s1. The first kappa shape index (κ1) is 15.3. The summed E-state index contributed by atoms with van der Waals surface area (Å²) in [5.74, 6) is 1.94. The van der Waals surface area contributed by atoms with E-state index >= 15 is 0 Å². The number of anilines is 1. The molecule has 0 radical (unpaired) electrons. The Labute approximate surface area is 141 Å². The molecule has 6 nitrogen and oxygen atoms in total. The Kier molecular flexibility index (Phi) is 4.30. The van der Waals surface area contributed by atoms with Crippen molar-refractivity contribution in [2.45, 2.75) is 51.2 Å². The van der Waals surface area contributed by atoms with E-state index in [4.69, 9.17) is 4.74 Å². The van der Waals surface area contributed by atoms with Crippen LogP contribution in [0.3, 0.4) is 0 Å². The number of fused-ring (bicyclic) bond motifs is 1. The molecule has 1 amide bonds. The Bertz CT molecular complexity index is 717. The van der Waals surface area contributed by atoms with Gasteiger partial charge in [-0.2, -0.15) is 0 Å². The fourth-order valence-corrected chi connectivity index (χ4v) is 3.41. The van der Waals surface area contributed by atoms with Gasteiger partial charge in [0.2, 0.25) is 0 Å². The summed E-state index contributed by atoms with van der Waals surface area (Å²) in [6, 6.07) is 7.82. The minimum Gasteiger partial charge on any atom is -0.368 e. The predicted molar refractivity (Wildman–Crippen MR) is 90.6 cm³/mol. The number of nitrogens with one attached hydrogen (secondary N) is 1. The van der Waals surface area contributed by atoms with Gasteiger partial charge in [0.05, 0.1) is 0 Å². The molecule has 1 fully saturated rings. The SMILES string of the molecule is O=C(Nc1ccc(-c2nnc3n2CCCCC3)cc1)[C@@H]1CCCO1. The van der Waals surface area contributed by atoms with Crippen molar-refractivity contribution in [2.24, 2.45) is 0 Å². The molecule has 1 aromatic carbocycles. The first-order valence-corrected chi connectivity index (χ1v) is 8.76. The molecule has 3 heterocycles. The third-order valence-electron chi connectivity index (χ3n) is 4.74. The van der Waals surface area contributed by atoms with E-state index in [9.17, 15) is 4.79 Å². The number of aryl methyl sites for hydroxylation is 1. The number of aromatic nitrogens is 3. The molecule has 1 atom stereocenters. The fourth-order valence-electron chi connectivity index (χ4n) is 3.41.